The van der Waals surface area contributed by atoms with E-state index in [2.05, 4.69) is 5.32 Å². The Bertz CT molecular complexity index is 606. The Morgan fingerprint density at radius 2 is 2.35 bits per heavy atom. The zero-order valence-electron chi connectivity index (χ0n) is 13.8. The number of rotatable bonds is 3. The van der Waals surface area contributed by atoms with Crippen LogP contribution in [0.15, 0.2) is 30.3 Å². The topological polar surface area (TPSA) is 50.8 Å². The smallest absolute Gasteiger partial charge is 0.247 e. The number of methoxy groups -OCH3 is 1. The van der Waals surface area contributed by atoms with Crippen LogP contribution in [-0.4, -0.2) is 56.3 Å². The van der Waals surface area contributed by atoms with Gasteiger partial charge < -0.3 is 19.7 Å². The van der Waals surface area contributed by atoms with Crippen molar-refractivity contribution in [3.05, 3.63) is 35.9 Å². The van der Waals surface area contributed by atoms with Crippen molar-refractivity contribution in [3.63, 3.8) is 0 Å². The van der Waals surface area contributed by atoms with E-state index in [1.807, 2.05) is 36.1 Å². The SMILES string of the molecule is COc1cccc(C(C)=CC(=O)N2CCOC3(CCNC3)C2)c1. The van der Waals surface area contributed by atoms with Crippen molar-refractivity contribution < 1.29 is 14.3 Å². The van der Waals surface area contributed by atoms with Crippen molar-refractivity contribution in [1.29, 1.82) is 0 Å². The molecule has 2 aliphatic rings. The van der Waals surface area contributed by atoms with Gasteiger partial charge in [-0.1, -0.05) is 12.1 Å². The fourth-order valence-corrected chi connectivity index (χ4v) is 3.24. The molecule has 1 amide bonds. The molecular weight excluding hydrogens is 292 g/mol. The number of nitrogens with zero attached hydrogens (tertiary/aromatic N) is 1. The molecule has 23 heavy (non-hydrogen) atoms. The average molecular weight is 316 g/mol. The van der Waals surface area contributed by atoms with Crippen molar-refractivity contribution >= 4 is 11.5 Å². The minimum absolute atomic E-state index is 0.0555. The van der Waals surface area contributed by atoms with Crippen LogP contribution in [0.25, 0.3) is 5.57 Å². The molecule has 1 N–H and O–H groups in total. The predicted molar refractivity (Wildman–Crippen MR) is 89.4 cm³/mol. The number of carbonyl (C=O) groups is 1. The second kappa shape index (κ2) is 6.72. The van der Waals surface area contributed by atoms with Crippen LogP contribution in [0.1, 0.15) is 18.9 Å². The second-order valence-corrected chi connectivity index (χ2v) is 6.28. The molecule has 1 atom stereocenters. The maximum Gasteiger partial charge on any atom is 0.247 e. The minimum atomic E-state index is -0.189. The molecule has 2 saturated heterocycles. The Kier molecular flexibility index (Phi) is 4.68. The molecule has 0 aliphatic carbocycles. The van der Waals surface area contributed by atoms with Crippen LogP contribution in [0, 0.1) is 0 Å². The van der Waals surface area contributed by atoms with Gasteiger partial charge in [-0.3, -0.25) is 4.79 Å². The van der Waals surface area contributed by atoms with Crippen LogP contribution >= 0.6 is 0 Å². The first-order valence-electron chi connectivity index (χ1n) is 8.08. The van der Waals surface area contributed by atoms with Crippen molar-refractivity contribution in [1.82, 2.24) is 10.2 Å². The summed E-state index contributed by atoms with van der Waals surface area (Å²) in [5, 5.41) is 3.33. The van der Waals surface area contributed by atoms with E-state index < -0.39 is 0 Å². The third-order valence-electron chi connectivity index (χ3n) is 4.63. The van der Waals surface area contributed by atoms with E-state index in [1.54, 1.807) is 13.2 Å². The van der Waals surface area contributed by atoms with Gasteiger partial charge in [0.15, 0.2) is 0 Å². The third-order valence-corrected chi connectivity index (χ3v) is 4.63. The number of hydrogen-bond acceptors (Lipinski definition) is 4. The lowest BCUT2D eigenvalue weighted by molar-refractivity contribution is -0.142. The van der Waals surface area contributed by atoms with Crippen molar-refractivity contribution in [2.75, 3.05) is 39.9 Å². The summed E-state index contributed by atoms with van der Waals surface area (Å²) in [5.74, 6) is 0.852. The highest BCUT2D eigenvalue weighted by Crippen LogP contribution is 2.25. The highest BCUT2D eigenvalue weighted by molar-refractivity contribution is 5.95. The quantitative estimate of drug-likeness (QED) is 0.862. The summed E-state index contributed by atoms with van der Waals surface area (Å²) in [6, 6.07) is 7.77. The Balaban J connectivity index is 1.71. The molecule has 2 fully saturated rings. The lowest BCUT2D eigenvalue weighted by atomic mass is 10.00. The van der Waals surface area contributed by atoms with Gasteiger partial charge in [-0.15, -0.1) is 0 Å². The number of hydrogen-bond donors (Lipinski definition) is 1. The van der Waals surface area contributed by atoms with E-state index in [9.17, 15) is 4.79 Å². The van der Waals surface area contributed by atoms with E-state index in [4.69, 9.17) is 9.47 Å². The molecule has 1 aromatic carbocycles. The molecule has 2 aliphatic heterocycles. The van der Waals surface area contributed by atoms with Gasteiger partial charge in [-0.25, -0.2) is 0 Å². The summed E-state index contributed by atoms with van der Waals surface area (Å²) < 4.78 is 11.2. The van der Waals surface area contributed by atoms with Crippen LogP contribution in [0.4, 0.5) is 0 Å². The van der Waals surface area contributed by atoms with E-state index in [0.717, 1.165) is 36.4 Å². The normalized spacial score (nSPS) is 25.0. The number of ether oxygens (including phenoxy) is 2. The molecular formula is C18H24N2O3. The molecule has 5 nitrogen and oxygen atoms in total. The lowest BCUT2D eigenvalue weighted by Crippen LogP contribution is -2.54. The molecule has 0 bridgehead atoms. The summed E-state index contributed by atoms with van der Waals surface area (Å²) in [6.07, 6.45) is 2.69. The summed E-state index contributed by atoms with van der Waals surface area (Å²) in [4.78, 5) is 14.5. The Hall–Kier alpha value is -1.85. The molecule has 0 aromatic heterocycles. The molecule has 1 aromatic rings. The van der Waals surface area contributed by atoms with Gasteiger partial charge in [-0.2, -0.15) is 0 Å². The van der Waals surface area contributed by atoms with Gasteiger partial charge in [0, 0.05) is 19.2 Å². The molecule has 1 spiro atoms. The van der Waals surface area contributed by atoms with Crippen molar-refractivity contribution in [3.8, 4) is 5.75 Å². The van der Waals surface area contributed by atoms with Gasteiger partial charge in [0.05, 0.1) is 25.9 Å². The highest BCUT2D eigenvalue weighted by atomic mass is 16.5. The number of carbonyl (C=O) groups excluding carboxylic acids is 1. The number of nitrogens with one attached hydrogen (secondary N) is 1. The first-order chi connectivity index (χ1) is 11.1. The number of allylic oxidation sites excluding steroid dienone is 1. The van der Waals surface area contributed by atoms with Crippen LogP contribution in [0.3, 0.4) is 0 Å². The van der Waals surface area contributed by atoms with Crippen molar-refractivity contribution in [2.24, 2.45) is 0 Å². The molecule has 124 valence electrons. The fraction of sp³-hybridized carbons (Fsp3) is 0.500. The first kappa shape index (κ1) is 16.0. The number of benzene rings is 1. The molecule has 1 unspecified atom stereocenters. The Morgan fingerprint density at radius 3 is 3.09 bits per heavy atom. The van der Waals surface area contributed by atoms with Crippen LogP contribution < -0.4 is 10.1 Å². The first-order valence-corrected chi connectivity index (χ1v) is 8.08. The Labute approximate surface area is 137 Å². The molecule has 0 radical (unpaired) electrons. The monoisotopic (exact) mass is 316 g/mol. The van der Waals surface area contributed by atoms with Gasteiger partial charge in [0.1, 0.15) is 5.75 Å². The number of morpholine rings is 1. The van der Waals surface area contributed by atoms with E-state index >= 15 is 0 Å². The van der Waals surface area contributed by atoms with Crippen molar-refractivity contribution in [2.45, 2.75) is 18.9 Å². The van der Waals surface area contributed by atoms with Gasteiger partial charge in [0.2, 0.25) is 5.91 Å². The standard InChI is InChI=1S/C18H24N2O3/c1-14(15-4-3-5-16(11-15)22-2)10-17(21)20-8-9-23-18(13-20)6-7-19-12-18/h3-5,10-11,19H,6-9,12-13H2,1-2H3. The zero-order valence-corrected chi connectivity index (χ0v) is 13.8. The zero-order chi connectivity index (χ0) is 16.3. The highest BCUT2D eigenvalue weighted by Gasteiger charge is 2.40. The minimum Gasteiger partial charge on any atom is -0.497 e. The molecule has 3 rings (SSSR count). The molecule has 2 heterocycles. The van der Waals surface area contributed by atoms with Crippen LogP contribution in [0.5, 0.6) is 5.75 Å². The third kappa shape index (κ3) is 3.57. The average Bonchev–Trinajstić information content (AvgIpc) is 3.02. The van der Waals surface area contributed by atoms with Gasteiger partial charge >= 0.3 is 0 Å². The molecule has 0 saturated carbocycles. The lowest BCUT2D eigenvalue weighted by Gasteiger charge is -2.39. The predicted octanol–water partition coefficient (Wildman–Crippen LogP) is 1.69. The van der Waals surface area contributed by atoms with E-state index in [0.29, 0.717) is 19.7 Å². The van der Waals surface area contributed by atoms with E-state index in [1.165, 1.54) is 0 Å². The van der Waals surface area contributed by atoms with Gasteiger partial charge in [0.25, 0.3) is 0 Å². The largest absolute Gasteiger partial charge is 0.497 e. The Morgan fingerprint density at radius 1 is 1.48 bits per heavy atom. The van der Waals surface area contributed by atoms with Gasteiger partial charge in [-0.05, 0) is 43.2 Å². The maximum absolute atomic E-state index is 12.6. The van der Waals surface area contributed by atoms with Crippen LogP contribution in [-0.2, 0) is 9.53 Å². The summed E-state index contributed by atoms with van der Waals surface area (Å²) in [5.41, 5.74) is 1.76. The second-order valence-electron chi connectivity index (χ2n) is 6.28. The number of amides is 1. The fourth-order valence-electron chi connectivity index (χ4n) is 3.24. The van der Waals surface area contributed by atoms with Crippen LogP contribution in [0.2, 0.25) is 0 Å². The van der Waals surface area contributed by atoms with E-state index in [-0.39, 0.29) is 11.5 Å². The summed E-state index contributed by atoms with van der Waals surface area (Å²) >= 11 is 0. The summed E-state index contributed by atoms with van der Waals surface area (Å²) in [6.45, 7) is 5.68. The maximum atomic E-state index is 12.6. The summed E-state index contributed by atoms with van der Waals surface area (Å²) in [7, 11) is 1.64. The molecule has 5 heteroatoms.